The highest BCUT2D eigenvalue weighted by Crippen LogP contribution is 2.38. The molecule has 1 nitrogen and oxygen atoms in total. The second-order valence-electron chi connectivity index (χ2n) is 5.95. The Bertz CT molecular complexity index is 176. The SMILES string of the molecule is CCCNCC1CCC(C(C)C)CC1CC. The van der Waals surface area contributed by atoms with Gasteiger partial charge < -0.3 is 5.32 Å². The minimum atomic E-state index is 0.888. The Hall–Kier alpha value is -0.0400. The van der Waals surface area contributed by atoms with Gasteiger partial charge in [-0.25, -0.2) is 0 Å². The van der Waals surface area contributed by atoms with Crippen molar-refractivity contribution < 1.29 is 0 Å². The Labute approximate surface area is 102 Å². The van der Waals surface area contributed by atoms with Crippen LogP contribution >= 0.6 is 0 Å². The van der Waals surface area contributed by atoms with E-state index in [9.17, 15) is 0 Å². The first-order valence-electron chi connectivity index (χ1n) is 7.39. The average Bonchev–Trinajstić information content (AvgIpc) is 2.29. The molecule has 0 saturated heterocycles. The minimum Gasteiger partial charge on any atom is -0.316 e. The van der Waals surface area contributed by atoms with Crippen LogP contribution in [0, 0.1) is 23.7 Å². The standard InChI is InChI=1S/C15H31N/c1-5-9-16-11-15-8-7-14(12(3)4)10-13(15)6-2/h12-16H,5-11H2,1-4H3. The van der Waals surface area contributed by atoms with E-state index in [0.717, 1.165) is 23.7 Å². The predicted octanol–water partition coefficient (Wildman–Crippen LogP) is 4.08. The van der Waals surface area contributed by atoms with Crippen LogP contribution in [0.2, 0.25) is 0 Å². The maximum Gasteiger partial charge on any atom is -0.00179 e. The van der Waals surface area contributed by atoms with Gasteiger partial charge in [-0.1, -0.05) is 34.1 Å². The van der Waals surface area contributed by atoms with E-state index >= 15 is 0 Å². The van der Waals surface area contributed by atoms with Crippen LogP contribution in [0.25, 0.3) is 0 Å². The summed E-state index contributed by atoms with van der Waals surface area (Å²) in [5.41, 5.74) is 0. The Morgan fingerprint density at radius 2 is 1.88 bits per heavy atom. The third-order valence-corrected chi connectivity index (χ3v) is 4.48. The van der Waals surface area contributed by atoms with Gasteiger partial charge in [0.1, 0.15) is 0 Å². The summed E-state index contributed by atoms with van der Waals surface area (Å²) < 4.78 is 0. The summed E-state index contributed by atoms with van der Waals surface area (Å²) in [6.07, 6.45) is 7.04. The van der Waals surface area contributed by atoms with E-state index in [-0.39, 0.29) is 0 Å². The van der Waals surface area contributed by atoms with Gasteiger partial charge in [-0.15, -0.1) is 0 Å². The number of rotatable bonds is 6. The fourth-order valence-corrected chi connectivity index (χ4v) is 3.20. The van der Waals surface area contributed by atoms with Crippen LogP contribution in [-0.2, 0) is 0 Å². The van der Waals surface area contributed by atoms with E-state index < -0.39 is 0 Å². The Kier molecular flexibility index (Phi) is 6.41. The fourth-order valence-electron chi connectivity index (χ4n) is 3.20. The first kappa shape index (κ1) is 14.0. The molecule has 0 aliphatic heterocycles. The second kappa shape index (κ2) is 7.32. The summed E-state index contributed by atoms with van der Waals surface area (Å²) >= 11 is 0. The monoisotopic (exact) mass is 225 g/mol. The lowest BCUT2D eigenvalue weighted by Crippen LogP contribution is -2.34. The molecule has 1 aliphatic carbocycles. The molecule has 1 rings (SSSR count). The largest absolute Gasteiger partial charge is 0.316 e. The first-order chi connectivity index (χ1) is 7.69. The van der Waals surface area contributed by atoms with Gasteiger partial charge in [0.15, 0.2) is 0 Å². The third-order valence-electron chi connectivity index (χ3n) is 4.48. The number of hydrogen-bond acceptors (Lipinski definition) is 1. The van der Waals surface area contributed by atoms with Crippen LogP contribution < -0.4 is 5.32 Å². The molecule has 0 aromatic rings. The van der Waals surface area contributed by atoms with E-state index in [1.165, 1.54) is 45.2 Å². The van der Waals surface area contributed by atoms with E-state index in [4.69, 9.17) is 0 Å². The maximum absolute atomic E-state index is 3.61. The molecule has 0 bridgehead atoms. The van der Waals surface area contributed by atoms with Crippen molar-refractivity contribution in [1.29, 1.82) is 0 Å². The van der Waals surface area contributed by atoms with Crippen LogP contribution in [0.5, 0.6) is 0 Å². The molecule has 0 radical (unpaired) electrons. The van der Waals surface area contributed by atoms with Gasteiger partial charge in [-0.3, -0.25) is 0 Å². The highest BCUT2D eigenvalue weighted by atomic mass is 14.9. The lowest BCUT2D eigenvalue weighted by molar-refractivity contribution is 0.142. The van der Waals surface area contributed by atoms with Crippen molar-refractivity contribution in [1.82, 2.24) is 5.32 Å². The van der Waals surface area contributed by atoms with Crippen molar-refractivity contribution in [3.63, 3.8) is 0 Å². The molecule has 0 spiro atoms. The van der Waals surface area contributed by atoms with Crippen molar-refractivity contribution in [3.05, 3.63) is 0 Å². The summed E-state index contributed by atoms with van der Waals surface area (Å²) in [5, 5.41) is 3.61. The molecule has 0 heterocycles. The third kappa shape index (κ3) is 4.08. The Morgan fingerprint density at radius 3 is 2.44 bits per heavy atom. The summed E-state index contributed by atoms with van der Waals surface area (Å²) in [4.78, 5) is 0. The molecule has 96 valence electrons. The highest BCUT2D eigenvalue weighted by Gasteiger charge is 2.30. The Balaban J connectivity index is 2.36. The minimum absolute atomic E-state index is 0.888. The van der Waals surface area contributed by atoms with Crippen molar-refractivity contribution in [2.45, 2.75) is 59.8 Å². The molecule has 0 aromatic carbocycles. The van der Waals surface area contributed by atoms with Crippen molar-refractivity contribution in [3.8, 4) is 0 Å². The second-order valence-corrected chi connectivity index (χ2v) is 5.95. The number of nitrogens with one attached hydrogen (secondary N) is 1. The van der Waals surface area contributed by atoms with Crippen LogP contribution in [-0.4, -0.2) is 13.1 Å². The van der Waals surface area contributed by atoms with Crippen LogP contribution in [0.3, 0.4) is 0 Å². The molecular formula is C15H31N. The van der Waals surface area contributed by atoms with Gasteiger partial charge >= 0.3 is 0 Å². The van der Waals surface area contributed by atoms with Gasteiger partial charge in [0.05, 0.1) is 0 Å². The van der Waals surface area contributed by atoms with Gasteiger partial charge in [0.25, 0.3) is 0 Å². The molecule has 3 unspecified atom stereocenters. The summed E-state index contributed by atoms with van der Waals surface area (Å²) in [6, 6.07) is 0. The van der Waals surface area contributed by atoms with Crippen LogP contribution in [0.4, 0.5) is 0 Å². The number of hydrogen-bond donors (Lipinski definition) is 1. The molecule has 3 atom stereocenters. The normalized spacial score (nSPS) is 30.9. The fraction of sp³-hybridized carbons (Fsp3) is 1.00. The lowest BCUT2D eigenvalue weighted by Gasteiger charge is -2.37. The van der Waals surface area contributed by atoms with Crippen molar-refractivity contribution in [2.75, 3.05) is 13.1 Å². The smallest absolute Gasteiger partial charge is 0.00179 e. The van der Waals surface area contributed by atoms with E-state index in [1.54, 1.807) is 0 Å². The quantitative estimate of drug-likeness (QED) is 0.672. The van der Waals surface area contributed by atoms with E-state index in [0.29, 0.717) is 0 Å². The molecule has 16 heavy (non-hydrogen) atoms. The van der Waals surface area contributed by atoms with Gasteiger partial charge in [0, 0.05) is 0 Å². The summed E-state index contributed by atoms with van der Waals surface area (Å²) in [7, 11) is 0. The zero-order chi connectivity index (χ0) is 12.0. The molecule has 1 saturated carbocycles. The zero-order valence-electron chi connectivity index (χ0n) is 11.8. The Morgan fingerprint density at radius 1 is 1.12 bits per heavy atom. The van der Waals surface area contributed by atoms with Gasteiger partial charge in [0.2, 0.25) is 0 Å². The van der Waals surface area contributed by atoms with Crippen LogP contribution in [0.15, 0.2) is 0 Å². The zero-order valence-corrected chi connectivity index (χ0v) is 11.8. The van der Waals surface area contributed by atoms with E-state index in [2.05, 4.69) is 33.0 Å². The summed E-state index contributed by atoms with van der Waals surface area (Å²) in [6.45, 7) is 11.9. The molecule has 1 heteroatoms. The van der Waals surface area contributed by atoms with Crippen LogP contribution in [0.1, 0.15) is 59.8 Å². The average molecular weight is 225 g/mol. The molecular weight excluding hydrogens is 194 g/mol. The van der Waals surface area contributed by atoms with Crippen molar-refractivity contribution >= 4 is 0 Å². The lowest BCUT2D eigenvalue weighted by atomic mass is 9.69. The maximum atomic E-state index is 3.61. The predicted molar refractivity (Wildman–Crippen MR) is 72.6 cm³/mol. The highest BCUT2D eigenvalue weighted by molar-refractivity contribution is 4.82. The van der Waals surface area contributed by atoms with Gasteiger partial charge in [-0.05, 0) is 62.4 Å². The topological polar surface area (TPSA) is 12.0 Å². The molecule has 0 amide bonds. The molecule has 1 N–H and O–H groups in total. The summed E-state index contributed by atoms with van der Waals surface area (Å²) in [5.74, 6) is 3.81. The molecule has 0 aromatic heterocycles. The molecule has 1 aliphatic rings. The molecule has 1 fully saturated rings. The van der Waals surface area contributed by atoms with E-state index in [1.807, 2.05) is 0 Å². The van der Waals surface area contributed by atoms with Gasteiger partial charge in [-0.2, -0.15) is 0 Å². The first-order valence-corrected chi connectivity index (χ1v) is 7.39. The van der Waals surface area contributed by atoms with Crippen molar-refractivity contribution in [2.24, 2.45) is 23.7 Å².